The maximum atomic E-state index is 9.61. The Morgan fingerprint density at radius 2 is 1.96 bits per heavy atom. The normalized spacial score (nSPS) is 21.0. The van der Waals surface area contributed by atoms with Crippen molar-refractivity contribution in [3.63, 3.8) is 0 Å². The van der Waals surface area contributed by atoms with Gasteiger partial charge in [-0.1, -0.05) is 0 Å². The molecule has 4 N–H and O–H groups in total. The number of aliphatic hydroxyl groups excluding tert-OH is 1. The first-order valence-electron chi connectivity index (χ1n) is 8.19. The Morgan fingerprint density at radius 3 is 2.79 bits per heavy atom. The molecular weight excluding hydrogens is 304 g/mol. The molecule has 24 heavy (non-hydrogen) atoms. The second-order valence-electron chi connectivity index (χ2n) is 6.25. The Bertz CT molecular complexity index is 853. The average Bonchev–Trinajstić information content (AvgIpc) is 3.00. The van der Waals surface area contributed by atoms with E-state index in [9.17, 15) is 5.11 Å². The molecule has 1 saturated carbocycles. The van der Waals surface area contributed by atoms with Crippen LogP contribution in [0.15, 0.2) is 36.8 Å². The van der Waals surface area contributed by atoms with Crippen molar-refractivity contribution in [2.75, 3.05) is 11.1 Å². The lowest BCUT2D eigenvalue weighted by Crippen LogP contribution is -2.28. The van der Waals surface area contributed by atoms with Crippen molar-refractivity contribution in [2.45, 2.75) is 37.8 Å². The third-order valence-corrected chi connectivity index (χ3v) is 4.46. The van der Waals surface area contributed by atoms with E-state index < -0.39 is 0 Å². The van der Waals surface area contributed by atoms with Gasteiger partial charge in [-0.25, -0.2) is 15.0 Å². The van der Waals surface area contributed by atoms with Gasteiger partial charge in [-0.15, -0.1) is 0 Å². The number of nitrogens with zero attached hydrogens (tertiary/aromatic N) is 4. The van der Waals surface area contributed by atoms with E-state index in [1.807, 2.05) is 28.8 Å². The second-order valence-corrected chi connectivity index (χ2v) is 6.25. The van der Waals surface area contributed by atoms with Crippen LogP contribution in [0.5, 0.6) is 0 Å². The van der Waals surface area contributed by atoms with E-state index in [0.29, 0.717) is 17.6 Å². The number of nitrogen functional groups attached to an aromatic ring is 1. The average molecular weight is 324 g/mol. The minimum Gasteiger partial charge on any atom is -0.398 e. The summed E-state index contributed by atoms with van der Waals surface area (Å²) < 4.78 is 1.89. The van der Waals surface area contributed by atoms with Crippen molar-refractivity contribution < 1.29 is 5.11 Å². The molecule has 3 aromatic heterocycles. The fraction of sp³-hybridized carbons (Fsp3) is 0.353. The molecule has 0 spiro atoms. The Balaban J connectivity index is 1.61. The number of hydrogen-bond donors (Lipinski definition) is 3. The number of hydrogen-bond acceptors (Lipinski definition) is 6. The molecule has 0 unspecified atom stereocenters. The number of pyridine rings is 1. The Kier molecular flexibility index (Phi) is 3.78. The van der Waals surface area contributed by atoms with Gasteiger partial charge in [-0.05, 0) is 43.9 Å². The topological polar surface area (TPSA) is 101 Å². The standard InChI is InChI=1S/C17H20N6O/c18-11-1-6-16-20-9-14(23(16)10-11)17-19-8-7-15(22-17)21-12-2-4-13(24)5-3-12/h1,6-10,12-13,24H,2-5,18H2,(H,19,21,22). The largest absolute Gasteiger partial charge is 0.398 e. The molecule has 3 aromatic rings. The minimum absolute atomic E-state index is 0.160. The van der Waals surface area contributed by atoms with Gasteiger partial charge in [-0.3, -0.25) is 4.40 Å². The Labute approximate surface area is 139 Å². The number of nitrogens with one attached hydrogen (secondary N) is 1. The van der Waals surface area contributed by atoms with Crippen LogP contribution in [0.3, 0.4) is 0 Å². The maximum Gasteiger partial charge on any atom is 0.180 e. The number of imidazole rings is 1. The van der Waals surface area contributed by atoms with Crippen LogP contribution in [0.4, 0.5) is 11.5 Å². The van der Waals surface area contributed by atoms with E-state index in [2.05, 4.69) is 20.3 Å². The summed E-state index contributed by atoms with van der Waals surface area (Å²) in [5.41, 5.74) is 8.15. The van der Waals surface area contributed by atoms with Crippen LogP contribution in [0, 0.1) is 0 Å². The minimum atomic E-state index is -0.160. The van der Waals surface area contributed by atoms with Gasteiger partial charge >= 0.3 is 0 Å². The first-order valence-corrected chi connectivity index (χ1v) is 8.19. The third-order valence-electron chi connectivity index (χ3n) is 4.46. The van der Waals surface area contributed by atoms with Crippen LogP contribution in [0.25, 0.3) is 17.2 Å². The molecule has 0 aromatic carbocycles. The van der Waals surface area contributed by atoms with Crippen LogP contribution >= 0.6 is 0 Å². The molecule has 3 heterocycles. The predicted octanol–water partition coefficient (Wildman–Crippen LogP) is 2.09. The highest BCUT2D eigenvalue weighted by molar-refractivity contribution is 5.60. The summed E-state index contributed by atoms with van der Waals surface area (Å²) in [6.45, 7) is 0. The summed E-state index contributed by atoms with van der Waals surface area (Å²) in [6, 6.07) is 5.90. The first-order chi connectivity index (χ1) is 11.7. The fourth-order valence-corrected chi connectivity index (χ4v) is 3.15. The summed E-state index contributed by atoms with van der Waals surface area (Å²) in [4.78, 5) is 13.4. The van der Waals surface area contributed by atoms with Crippen molar-refractivity contribution in [1.82, 2.24) is 19.4 Å². The Hall–Kier alpha value is -2.67. The van der Waals surface area contributed by atoms with E-state index in [4.69, 9.17) is 5.73 Å². The monoisotopic (exact) mass is 324 g/mol. The first kappa shape index (κ1) is 14.9. The SMILES string of the molecule is Nc1ccc2ncc(-c3nccc(NC4CCC(O)CC4)n3)n2c1. The lowest BCUT2D eigenvalue weighted by Gasteiger charge is -2.26. The quantitative estimate of drug-likeness (QED) is 0.682. The number of rotatable bonds is 3. The zero-order valence-corrected chi connectivity index (χ0v) is 13.3. The Morgan fingerprint density at radius 1 is 1.12 bits per heavy atom. The molecule has 0 amide bonds. The van der Waals surface area contributed by atoms with Crippen LogP contribution in [-0.4, -0.2) is 36.6 Å². The van der Waals surface area contributed by atoms with Crippen molar-refractivity contribution in [1.29, 1.82) is 0 Å². The lowest BCUT2D eigenvalue weighted by atomic mass is 9.93. The highest BCUT2D eigenvalue weighted by Crippen LogP contribution is 2.23. The molecule has 1 aliphatic carbocycles. The van der Waals surface area contributed by atoms with Gasteiger partial charge in [0.15, 0.2) is 5.82 Å². The van der Waals surface area contributed by atoms with Crippen LogP contribution < -0.4 is 11.1 Å². The lowest BCUT2D eigenvalue weighted by molar-refractivity contribution is 0.126. The number of anilines is 2. The zero-order chi connectivity index (χ0) is 16.5. The highest BCUT2D eigenvalue weighted by Gasteiger charge is 2.19. The van der Waals surface area contributed by atoms with Gasteiger partial charge in [0.1, 0.15) is 17.2 Å². The zero-order valence-electron chi connectivity index (χ0n) is 13.3. The summed E-state index contributed by atoms with van der Waals surface area (Å²) >= 11 is 0. The summed E-state index contributed by atoms with van der Waals surface area (Å²) in [6.07, 6.45) is 8.74. The van der Waals surface area contributed by atoms with Crippen molar-refractivity contribution >= 4 is 17.2 Å². The molecule has 7 heteroatoms. The summed E-state index contributed by atoms with van der Waals surface area (Å²) in [5, 5.41) is 13.1. The molecule has 0 saturated heterocycles. The molecule has 1 aliphatic rings. The summed E-state index contributed by atoms with van der Waals surface area (Å²) in [5.74, 6) is 1.40. The van der Waals surface area contributed by atoms with E-state index in [-0.39, 0.29) is 6.10 Å². The van der Waals surface area contributed by atoms with E-state index in [0.717, 1.165) is 42.8 Å². The van der Waals surface area contributed by atoms with E-state index in [1.165, 1.54) is 0 Å². The molecule has 0 bridgehead atoms. The number of aliphatic hydroxyl groups is 1. The van der Waals surface area contributed by atoms with Gasteiger partial charge in [0, 0.05) is 24.1 Å². The second kappa shape index (κ2) is 6.09. The van der Waals surface area contributed by atoms with E-state index >= 15 is 0 Å². The number of nitrogens with two attached hydrogens (primary N) is 1. The molecule has 0 aliphatic heterocycles. The maximum absolute atomic E-state index is 9.61. The third kappa shape index (κ3) is 2.90. The van der Waals surface area contributed by atoms with Gasteiger partial charge in [0.2, 0.25) is 0 Å². The number of fused-ring (bicyclic) bond motifs is 1. The predicted molar refractivity (Wildman–Crippen MR) is 92.5 cm³/mol. The smallest absolute Gasteiger partial charge is 0.180 e. The fourth-order valence-electron chi connectivity index (χ4n) is 3.15. The number of aromatic nitrogens is 4. The molecule has 0 atom stereocenters. The van der Waals surface area contributed by atoms with Crippen molar-refractivity contribution in [3.8, 4) is 11.5 Å². The molecule has 4 rings (SSSR count). The molecule has 0 radical (unpaired) electrons. The molecule has 1 fully saturated rings. The van der Waals surface area contributed by atoms with Crippen LogP contribution in [0.1, 0.15) is 25.7 Å². The summed E-state index contributed by atoms with van der Waals surface area (Å²) in [7, 11) is 0. The van der Waals surface area contributed by atoms with Crippen LogP contribution in [-0.2, 0) is 0 Å². The van der Waals surface area contributed by atoms with E-state index in [1.54, 1.807) is 12.4 Å². The van der Waals surface area contributed by atoms with Gasteiger partial charge < -0.3 is 16.2 Å². The molecular formula is C17H20N6O. The van der Waals surface area contributed by atoms with Gasteiger partial charge in [0.05, 0.1) is 12.3 Å². The molecule has 7 nitrogen and oxygen atoms in total. The highest BCUT2D eigenvalue weighted by atomic mass is 16.3. The van der Waals surface area contributed by atoms with Gasteiger partial charge in [0.25, 0.3) is 0 Å². The molecule has 124 valence electrons. The van der Waals surface area contributed by atoms with Crippen molar-refractivity contribution in [2.24, 2.45) is 0 Å². The van der Waals surface area contributed by atoms with Crippen molar-refractivity contribution in [3.05, 3.63) is 36.8 Å². The van der Waals surface area contributed by atoms with Gasteiger partial charge in [-0.2, -0.15) is 0 Å². The van der Waals surface area contributed by atoms with Crippen LogP contribution in [0.2, 0.25) is 0 Å².